The molecule has 3 heteroatoms. The van der Waals surface area contributed by atoms with Crippen LogP contribution in [0.3, 0.4) is 0 Å². The van der Waals surface area contributed by atoms with E-state index in [2.05, 4.69) is 42.3 Å². The third-order valence-electron chi connectivity index (χ3n) is 4.96. The summed E-state index contributed by atoms with van der Waals surface area (Å²) in [5.41, 5.74) is 7.51. The number of hydrogen-bond donors (Lipinski definition) is 1. The van der Waals surface area contributed by atoms with E-state index >= 15 is 0 Å². The lowest BCUT2D eigenvalue weighted by atomic mass is 9.75. The summed E-state index contributed by atoms with van der Waals surface area (Å²) in [4.78, 5) is 2.51. The van der Waals surface area contributed by atoms with E-state index in [0.717, 1.165) is 26.1 Å². The first kappa shape index (κ1) is 16.5. The first-order valence-electron chi connectivity index (χ1n) is 8.20. The molecular formula is C18H30N2O. The SMILES string of the molecule is COCCCN(C)C1CC(c2ccccc2)CCC1CN. The molecule has 3 nitrogen and oxygen atoms in total. The fourth-order valence-electron chi connectivity index (χ4n) is 3.68. The van der Waals surface area contributed by atoms with Crippen LogP contribution in [0.2, 0.25) is 0 Å². The van der Waals surface area contributed by atoms with Crippen LogP contribution in [0.15, 0.2) is 30.3 Å². The van der Waals surface area contributed by atoms with Crippen LogP contribution in [0.5, 0.6) is 0 Å². The van der Waals surface area contributed by atoms with E-state index in [1.54, 1.807) is 7.11 Å². The zero-order valence-corrected chi connectivity index (χ0v) is 13.5. The van der Waals surface area contributed by atoms with Crippen LogP contribution in [0.1, 0.15) is 37.2 Å². The minimum atomic E-state index is 0.603. The van der Waals surface area contributed by atoms with Gasteiger partial charge in [-0.2, -0.15) is 0 Å². The molecule has 1 saturated carbocycles. The van der Waals surface area contributed by atoms with Gasteiger partial charge in [0.2, 0.25) is 0 Å². The molecule has 0 saturated heterocycles. The zero-order chi connectivity index (χ0) is 15.1. The second-order valence-corrected chi connectivity index (χ2v) is 6.31. The van der Waals surface area contributed by atoms with Gasteiger partial charge in [0.25, 0.3) is 0 Å². The maximum atomic E-state index is 6.02. The van der Waals surface area contributed by atoms with Crippen LogP contribution in [-0.4, -0.2) is 44.8 Å². The standard InChI is InChI=1S/C18H30N2O/c1-20(11-6-12-21-2)18-13-16(9-10-17(18)14-19)15-7-4-3-5-8-15/h3-5,7-8,16-18H,6,9-14,19H2,1-2H3. The number of nitrogens with two attached hydrogens (primary N) is 1. The van der Waals surface area contributed by atoms with Gasteiger partial charge in [0.1, 0.15) is 0 Å². The Labute approximate surface area is 129 Å². The summed E-state index contributed by atoms with van der Waals surface area (Å²) in [5.74, 6) is 1.32. The van der Waals surface area contributed by atoms with Gasteiger partial charge in [-0.15, -0.1) is 0 Å². The highest BCUT2D eigenvalue weighted by atomic mass is 16.5. The van der Waals surface area contributed by atoms with Crippen LogP contribution in [-0.2, 0) is 4.74 Å². The van der Waals surface area contributed by atoms with Crippen molar-refractivity contribution >= 4 is 0 Å². The minimum Gasteiger partial charge on any atom is -0.385 e. The molecule has 3 unspecified atom stereocenters. The number of benzene rings is 1. The monoisotopic (exact) mass is 290 g/mol. The molecule has 0 amide bonds. The van der Waals surface area contributed by atoms with Crippen LogP contribution in [0.4, 0.5) is 0 Å². The highest BCUT2D eigenvalue weighted by Crippen LogP contribution is 2.37. The van der Waals surface area contributed by atoms with Gasteiger partial charge in [-0.05, 0) is 56.7 Å². The largest absolute Gasteiger partial charge is 0.385 e. The molecule has 0 radical (unpaired) electrons. The van der Waals surface area contributed by atoms with Gasteiger partial charge in [-0.25, -0.2) is 0 Å². The van der Waals surface area contributed by atoms with Crippen LogP contribution in [0.25, 0.3) is 0 Å². The molecule has 0 spiro atoms. The fourth-order valence-corrected chi connectivity index (χ4v) is 3.68. The van der Waals surface area contributed by atoms with E-state index in [-0.39, 0.29) is 0 Å². The molecule has 1 aromatic carbocycles. The quantitative estimate of drug-likeness (QED) is 0.785. The van der Waals surface area contributed by atoms with Crippen molar-refractivity contribution in [1.29, 1.82) is 0 Å². The molecule has 21 heavy (non-hydrogen) atoms. The van der Waals surface area contributed by atoms with Crippen molar-refractivity contribution < 1.29 is 4.74 Å². The average Bonchev–Trinajstić information content (AvgIpc) is 2.55. The van der Waals surface area contributed by atoms with Crippen LogP contribution < -0.4 is 5.73 Å². The van der Waals surface area contributed by atoms with Crippen molar-refractivity contribution in [3.63, 3.8) is 0 Å². The Kier molecular flexibility index (Phi) is 6.68. The Balaban J connectivity index is 1.98. The smallest absolute Gasteiger partial charge is 0.0474 e. The fraction of sp³-hybridized carbons (Fsp3) is 0.667. The molecule has 1 aromatic rings. The number of nitrogens with zero attached hydrogens (tertiary/aromatic N) is 1. The Morgan fingerprint density at radius 1 is 1.24 bits per heavy atom. The Hall–Kier alpha value is -0.900. The highest BCUT2D eigenvalue weighted by molar-refractivity contribution is 5.20. The molecular weight excluding hydrogens is 260 g/mol. The van der Waals surface area contributed by atoms with Gasteiger partial charge < -0.3 is 15.4 Å². The van der Waals surface area contributed by atoms with E-state index in [9.17, 15) is 0 Å². The van der Waals surface area contributed by atoms with E-state index in [1.807, 2.05) is 0 Å². The molecule has 0 aromatic heterocycles. The summed E-state index contributed by atoms with van der Waals surface area (Å²) < 4.78 is 5.17. The summed E-state index contributed by atoms with van der Waals surface area (Å²) in [6.07, 6.45) is 4.84. The third kappa shape index (κ3) is 4.53. The molecule has 0 aliphatic heterocycles. The van der Waals surface area contributed by atoms with E-state index < -0.39 is 0 Å². The molecule has 1 fully saturated rings. The number of ether oxygens (including phenoxy) is 1. The van der Waals surface area contributed by atoms with Crippen LogP contribution >= 0.6 is 0 Å². The van der Waals surface area contributed by atoms with Gasteiger partial charge in [0, 0.05) is 26.3 Å². The molecule has 0 heterocycles. The summed E-state index contributed by atoms with van der Waals surface area (Å²) in [5, 5.41) is 0. The van der Waals surface area contributed by atoms with Crippen molar-refractivity contribution in [2.45, 2.75) is 37.6 Å². The summed E-state index contributed by atoms with van der Waals surface area (Å²) in [6, 6.07) is 11.6. The van der Waals surface area contributed by atoms with Gasteiger partial charge in [-0.3, -0.25) is 0 Å². The first-order valence-corrected chi connectivity index (χ1v) is 8.20. The van der Waals surface area contributed by atoms with Crippen molar-refractivity contribution in [2.24, 2.45) is 11.7 Å². The molecule has 1 aliphatic rings. The minimum absolute atomic E-state index is 0.603. The topological polar surface area (TPSA) is 38.5 Å². The lowest BCUT2D eigenvalue weighted by Gasteiger charge is -2.41. The predicted molar refractivity (Wildman–Crippen MR) is 88.5 cm³/mol. The molecule has 118 valence electrons. The first-order chi connectivity index (χ1) is 10.3. The lowest BCUT2D eigenvalue weighted by Crippen LogP contribution is -2.45. The summed E-state index contributed by atoms with van der Waals surface area (Å²) in [7, 11) is 4.02. The van der Waals surface area contributed by atoms with Gasteiger partial charge in [0.05, 0.1) is 0 Å². The second-order valence-electron chi connectivity index (χ2n) is 6.31. The number of rotatable bonds is 7. The van der Waals surface area contributed by atoms with Gasteiger partial charge in [-0.1, -0.05) is 30.3 Å². The van der Waals surface area contributed by atoms with E-state index in [1.165, 1.54) is 24.8 Å². The van der Waals surface area contributed by atoms with E-state index in [0.29, 0.717) is 17.9 Å². The zero-order valence-electron chi connectivity index (χ0n) is 13.5. The van der Waals surface area contributed by atoms with Gasteiger partial charge in [0.15, 0.2) is 0 Å². The normalized spacial score (nSPS) is 26.2. The number of methoxy groups -OCH3 is 1. The van der Waals surface area contributed by atoms with Crippen molar-refractivity contribution in [2.75, 3.05) is 33.9 Å². The van der Waals surface area contributed by atoms with Crippen molar-refractivity contribution in [3.05, 3.63) is 35.9 Å². The molecule has 2 N–H and O–H groups in total. The molecule has 0 bridgehead atoms. The molecule has 3 atom stereocenters. The molecule has 1 aliphatic carbocycles. The maximum absolute atomic E-state index is 6.02. The molecule has 2 rings (SSSR count). The predicted octanol–water partition coefficient (Wildman–Crippen LogP) is 2.87. The number of hydrogen-bond acceptors (Lipinski definition) is 3. The Morgan fingerprint density at radius 3 is 2.67 bits per heavy atom. The highest BCUT2D eigenvalue weighted by Gasteiger charge is 2.32. The maximum Gasteiger partial charge on any atom is 0.0474 e. The van der Waals surface area contributed by atoms with E-state index in [4.69, 9.17) is 10.5 Å². The van der Waals surface area contributed by atoms with Crippen molar-refractivity contribution in [3.8, 4) is 0 Å². The lowest BCUT2D eigenvalue weighted by molar-refractivity contribution is 0.107. The second kappa shape index (κ2) is 8.52. The van der Waals surface area contributed by atoms with Crippen molar-refractivity contribution in [1.82, 2.24) is 4.90 Å². The van der Waals surface area contributed by atoms with Gasteiger partial charge >= 0.3 is 0 Å². The summed E-state index contributed by atoms with van der Waals surface area (Å²) in [6.45, 7) is 2.74. The summed E-state index contributed by atoms with van der Waals surface area (Å²) >= 11 is 0. The third-order valence-corrected chi connectivity index (χ3v) is 4.96. The average molecular weight is 290 g/mol. The Bertz CT molecular complexity index is 395. The Morgan fingerprint density at radius 2 is 2.00 bits per heavy atom. The van der Waals surface area contributed by atoms with Crippen LogP contribution in [0, 0.1) is 5.92 Å².